The molecule has 21 heavy (non-hydrogen) atoms. The van der Waals surface area contributed by atoms with Crippen LogP contribution in [0.5, 0.6) is 0 Å². The molecule has 0 saturated heterocycles. The summed E-state index contributed by atoms with van der Waals surface area (Å²) in [6.45, 7) is 5.55. The lowest BCUT2D eigenvalue weighted by Gasteiger charge is -2.07. The predicted octanol–water partition coefficient (Wildman–Crippen LogP) is 2.34. The zero-order valence-corrected chi connectivity index (χ0v) is 13.0. The number of carbonyl (C=O) groups is 1. The van der Waals surface area contributed by atoms with Gasteiger partial charge >= 0.3 is 4.87 Å². The van der Waals surface area contributed by atoms with Gasteiger partial charge in [0.05, 0.1) is 0 Å². The number of nitrogens with one attached hydrogen (secondary N) is 1. The van der Waals surface area contributed by atoms with E-state index >= 15 is 0 Å². The van der Waals surface area contributed by atoms with Gasteiger partial charge in [-0.25, -0.2) is 0 Å². The maximum Gasteiger partial charge on any atom is 0.308 e. The molecule has 1 aliphatic carbocycles. The van der Waals surface area contributed by atoms with E-state index in [1.165, 1.54) is 4.57 Å². The Morgan fingerprint density at radius 1 is 1.43 bits per heavy atom. The predicted molar refractivity (Wildman–Crippen MR) is 79.9 cm³/mol. The van der Waals surface area contributed by atoms with Gasteiger partial charge in [-0.1, -0.05) is 16.5 Å². The van der Waals surface area contributed by atoms with E-state index in [4.69, 9.17) is 4.52 Å². The average Bonchev–Trinajstić information content (AvgIpc) is 3.17. The molecule has 7 heteroatoms. The highest BCUT2D eigenvalue weighted by molar-refractivity contribution is 7.09. The Hall–Kier alpha value is -1.89. The quantitative estimate of drug-likeness (QED) is 0.940. The highest BCUT2D eigenvalue weighted by Crippen LogP contribution is 2.44. The maximum atomic E-state index is 12.2. The van der Waals surface area contributed by atoms with Crippen LogP contribution in [0.3, 0.4) is 0 Å². The third kappa shape index (κ3) is 2.65. The number of thiazole rings is 1. The molecule has 1 fully saturated rings. The Morgan fingerprint density at radius 3 is 2.71 bits per heavy atom. The summed E-state index contributed by atoms with van der Waals surface area (Å²) in [5.74, 6) is 0.895. The topological polar surface area (TPSA) is 77.1 Å². The van der Waals surface area contributed by atoms with E-state index in [-0.39, 0.29) is 17.3 Å². The zero-order valence-electron chi connectivity index (χ0n) is 12.2. The van der Waals surface area contributed by atoms with Crippen LogP contribution in [0.2, 0.25) is 0 Å². The molecule has 0 spiro atoms. The van der Waals surface area contributed by atoms with Crippen molar-refractivity contribution in [3.63, 3.8) is 0 Å². The zero-order chi connectivity index (χ0) is 15.1. The van der Waals surface area contributed by atoms with Crippen molar-refractivity contribution in [1.82, 2.24) is 9.72 Å². The third-order valence-electron chi connectivity index (χ3n) is 3.78. The van der Waals surface area contributed by atoms with Gasteiger partial charge in [0, 0.05) is 16.5 Å². The molecule has 6 nitrogen and oxygen atoms in total. The highest BCUT2D eigenvalue weighted by Gasteiger charge is 2.32. The summed E-state index contributed by atoms with van der Waals surface area (Å²) >= 11 is 1.16. The first-order valence-corrected chi connectivity index (χ1v) is 7.72. The second-order valence-corrected chi connectivity index (χ2v) is 6.59. The Balaban J connectivity index is 1.78. The molecule has 1 amide bonds. The Kier molecular flexibility index (Phi) is 3.44. The van der Waals surface area contributed by atoms with Crippen molar-refractivity contribution in [2.75, 3.05) is 5.32 Å². The fourth-order valence-corrected chi connectivity index (χ4v) is 3.09. The molecular formula is C14H17N3O3S. The van der Waals surface area contributed by atoms with E-state index in [0.717, 1.165) is 40.5 Å². The van der Waals surface area contributed by atoms with Gasteiger partial charge in [0.1, 0.15) is 17.9 Å². The number of hydrogen-bond acceptors (Lipinski definition) is 5. The minimum absolute atomic E-state index is 0.0176. The number of hydrogen-bond donors (Lipinski definition) is 1. The second-order valence-electron chi connectivity index (χ2n) is 5.43. The van der Waals surface area contributed by atoms with Crippen LogP contribution in [0.1, 0.15) is 40.8 Å². The number of aryl methyl sites for hydroxylation is 2. The molecule has 3 rings (SSSR count). The number of amides is 1. The van der Waals surface area contributed by atoms with Crippen LogP contribution in [0.4, 0.5) is 5.69 Å². The van der Waals surface area contributed by atoms with Crippen molar-refractivity contribution in [3.8, 4) is 0 Å². The van der Waals surface area contributed by atoms with Gasteiger partial charge in [-0.05, 0) is 33.6 Å². The third-order valence-corrected chi connectivity index (χ3v) is 4.78. The normalized spacial score (nSPS) is 14.4. The summed E-state index contributed by atoms with van der Waals surface area (Å²) in [4.78, 5) is 24.9. The smallest absolute Gasteiger partial charge is 0.308 e. The molecule has 1 saturated carbocycles. The van der Waals surface area contributed by atoms with Gasteiger partial charge in [-0.2, -0.15) is 0 Å². The Bertz CT molecular complexity index is 752. The maximum absolute atomic E-state index is 12.2. The van der Waals surface area contributed by atoms with Gasteiger partial charge in [-0.15, -0.1) is 0 Å². The van der Waals surface area contributed by atoms with Crippen LogP contribution >= 0.6 is 11.3 Å². The van der Waals surface area contributed by atoms with Crippen molar-refractivity contribution in [3.05, 3.63) is 31.7 Å². The monoisotopic (exact) mass is 307 g/mol. The summed E-state index contributed by atoms with van der Waals surface area (Å²) < 4.78 is 6.79. The molecule has 0 atom stereocenters. The molecule has 112 valence electrons. The van der Waals surface area contributed by atoms with E-state index in [2.05, 4.69) is 10.5 Å². The summed E-state index contributed by atoms with van der Waals surface area (Å²) in [5, 5.41) is 6.76. The van der Waals surface area contributed by atoms with Crippen LogP contribution in [0.25, 0.3) is 0 Å². The summed E-state index contributed by atoms with van der Waals surface area (Å²) in [7, 11) is 0. The van der Waals surface area contributed by atoms with E-state index in [1.54, 1.807) is 6.92 Å². The largest absolute Gasteiger partial charge is 0.359 e. The minimum Gasteiger partial charge on any atom is -0.359 e. The fourth-order valence-electron chi connectivity index (χ4n) is 2.26. The molecule has 1 N–H and O–H groups in total. The summed E-state index contributed by atoms with van der Waals surface area (Å²) in [6, 6.07) is 0. The fraction of sp³-hybridized carbons (Fsp3) is 0.500. The van der Waals surface area contributed by atoms with E-state index in [1.807, 2.05) is 13.8 Å². The Labute approximate surface area is 125 Å². The van der Waals surface area contributed by atoms with Crippen molar-refractivity contribution in [2.45, 2.75) is 46.1 Å². The molecule has 0 bridgehead atoms. The first kappa shape index (κ1) is 14.1. The average molecular weight is 307 g/mol. The first-order valence-electron chi connectivity index (χ1n) is 6.90. The number of rotatable bonds is 4. The lowest BCUT2D eigenvalue weighted by Crippen LogP contribution is -2.25. The molecule has 0 radical (unpaired) electrons. The van der Waals surface area contributed by atoms with Crippen LogP contribution in [0, 0.1) is 20.8 Å². The lowest BCUT2D eigenvalue weighted by atomic mass is 10.2. The molecule has 2 aromatic heterocycles. The van der Waals surface area contributed by atoms with Crippen molar-refractivity contribution >= 4 is 22.9 Å². The standard InChI is InChI=1S/C14H17N3O3S/c1-7-12(13(20-16-7)10-4-5-10)15-11(18)6-17-8(2)9(3)21-14(17)19/h10H,4-6H2,1-3H3,(H,15,18). The van der Waals surface area contributed by atoms with Gasteiger partial charge in [0.15, 0.2) is 5.76 Å². The van der Waals surface area contributed by atoms with Gasteiger partial charge < -0.3 is 9.84 Å². The van der Waals surface area contributed by atoms with Crippen LogP contribution in [-0.2, 0) is 11.3 Å². The Morgan fingerprint density at radius 2 is 2.14 bits per heavy atom. The van der Waals surface area contributed by atoms with Crippen molar-refractivity contribution in [1.29, 1.82) is 0 Å². The number of aromatic nitrogens is 2. The molecular weight excluding hydrogens is 290 g/mol. The van der Waals surface area contributed by atoms with Crippen LogP contribution in [-0.4, -0.2) is 15.6 Å². The van der Waals surface area contributed by atoms with Crippen LogP contribution < -0.4 is 10.2 Å². The van der Waals surface area contributed by atoms with E-state index in [9.17, 15) is 9.59 Å². The summed E-state index contributed by atoms with van der Waals surface area (Å²) in [5.41, 5.74) is 2.18. The molecule has 0 aromatic carbocycles. The van der Waals surface area contributed by atoms with Gasteiger partial charge in [0.25, 0.3) is 0 Å². The highest BCUT2D eigenvalue weighted by atomic mass is 32.1. The van der Waals surface area contributed by atoms with E-state index < -0.39 is 0 Å². The molecule has 2 aromatic rings. The molecule has 1 aliphatic rings. The van der Waals surface area contributed by atoms with E-state index in [0.29, 0.717) is 17.3 Å². The number of carbonyl (C=O) groups excluding carboxylic acids is 1. The van der Waals surface area contributed by atoms with Gasteiger partial charge in [0.2, 0.25) is 5.91 Å². The number of nitrogens with zero attached hydrogens (tertiary/aromatic N) is 2. The lowest BCUT2D eigenvalue weighted by molar-refractivity contribution is -0.116. The molecule has 2 heterocycles. The minimum atomic E-state index is -0.230. The molecule has 0 aliphatic heterocycles. The van der Waals surface area contributed by atoms with Crippen molar-refractivity contribution in [2.24, 2.45) is 0 Å². The first-order chi connectivity index (χ1) is 9.97. The van der Waals surface area contributed by atoms with Crippen LogP contribution in [0.15, 0.2) is 9.32 Å². The SMILES string of the molecule is Cc1noc(C2CC2)c1NC(=O)Cn1c(C)c(C)sc1=O. The molecule has 0 unspecified atom stereocenters. The van der Waals surface area contributed by atoms with Gasteiger partial charge in [-0.3, -0.25) is 14.2 Å². The summed E-state index contributed by atoms with van der Waals surface area (Å²) in [6.07, 6.45) is 2.14. The number of anilines is 1. The van der Waals surface area contributed by atoms with Crippen molar-refractivity contribution < 1.29 is 9.32 Å². The second kappa shape index (κ2) is 5.14.